The van der Waals surface area contributed by atoms with Crippen LogP contribution >= 0.6 is 0 Å². The van der Waals surface area contributed by atoms with Gasteiger partial charge in [-0.3, -0.25) is 9.69 Å². The van der Waals surface area contributed by atoms with Crippen LogP contribution in [0.5, 0.6) is 0 Å². The monoisotopic (exact) mass is 426 g/mol. The molecule has 1 aromatic carbocycles. The summed E-state index contributed by atoms with van der Waals surface area (Å²) in [5, 5.41) is 10.3. The molecule has 31 heavy (non-hydrogen) atoms. The van der Waals surface area contributed by atoms with Crippen molar-refractivity contribution in [3.05, 3.63) is 72.1 Å². The molecule has 1 aromatic heterocycles. The Morgan fingerprint density at radius 3 is 2.58 bits per heavy atom. The first-order chi connectivity index (χ1) is 14.7. The van der Waals surface area contributed by atoms with Crippen molar-refractivity contribution in [1.29, 1.82) is 0 Å². The van der Waals surface area contributed by atoms with Crippen molar-refractivity contribution in [3.63, 3.8) is 0 Å². The largest absolute Gasteiger partial charge is 0.463 e. The summed E-state index contributed by atoms with van der Waals surface area (Å²) in [6.45, 7) is 15.0. The van der Waals surface area contributed by atoms with Gasteiger partial charge >= 0.3 is 5.97 Å². The molecular formula is C26H38N2O3. The lowest BCUT2D eigenvalue weighted by molar-refractivity contribution is -0.147. The summed E-state index contributed by atoms with van der Waals surface area (Å²) in [6.07, 6.45) is 4.31. The second kappa shape index (κ2) is 11.9. The van der Waals surface area contributed by atoms with Crippen LogP contribution in [0.3, 0.4) is 0 Å². The molecule has 0 amide bonds. The lowest BCUT2D eigenvalue weighted by Crippen LogP contribution is -2.35. The van der Waals surface area contributed by atoms with Gasteiger partial charge in [0.05, 0.1) is 0 Å². The summed E-state index contributed by atoms with van der Waals surface area (Å²) in [5.41, 5.74) is 3.89. The van der Waals surface area contributed by atoms with Crippen molar-refractivity contribution < 1.29 is 14.6 Å². The summed E-state index contributed by atoms with van der Waals surface area (Å²) in [7, 11) is 0. The number of esters is 1. The first kappa shape index (κ1) is 24.9. The number of carbonyl (C=O) groups is 1. The smallest absolute Gasteiger partial charge is 0.305 e. The topological polar surface area (TPSA) is 54.7 Å². The summed E-state index contributed by atoms with van der Waals surface area (Å²) in [4.78, 5) is 13.7. The highest BCUT2D eigenvalue weighted by Crippen LogP contribution is 2.22. The van der Waals surface area contributed by atoms with Gasteiger partial charge < -0.3 is 14.4 Å². The molecule has 2 aromatic rings. The first-order valence-electron chi connectivity index (χ1n) is 11.1. The minimum atomic E-state index is -0.728. The SMILES string of the molecule is C=CCN(Cc1cccn1Cc1ccc(C(C)(C)C)cc1)C[C@H](O)COC(=O)CCC. The van der Waals surface area contributed by atoms with E-state index in [4.69, 9.17) is 4.74 Å². The molecule has 0 saturated carbocycles. The summed E-state index contributed by atoms with van der Waals surface area (Å²) in [5.74, 6) is -0.261. The molecule has 0 bridgehead atoms. The molecule has 0 fully saturated rings. The van der Waals surface area contributed by atoms with Gasteiger partial charge in [0.1, 0.15) is 12.7 Å². The summed E-state index contributed by atoms with van der Waals surface area (Å²) >= 11 is 0. The molecule has 1 heterocycles. The zero-order chi connectivity index (χ0) is 22.9. The predicted molar refractivity (Wildman–Crippen MR) is 126 cm³/mol. The maximum Gasteiger partial charge on any atom is 0.305 e. The Kier molecular flexibility index (Phi) is 9.53. The predicted octanol–water partition coefficient (Wildman–Crippen LogP) is 4.53. The Bertz CT molecular complexity index is 818. The highest BCUT2D eigenvalue weighted by atomic mass is 16.5. The van der Waals surface area contributed by atoms with E-state index >= 15 is 0 Å². The normalized spacial score (nSPS) is 12.7. The van der Waals surface area contributed by atoms with E-state index in [1.54, 1.807) is 0 Å². The Hall–Kier alpha value is -2.37. The van der Waals surface area contributed by atoms with Crippen LogP contribution < -0.4 is 0 Å². The number of benzene rings is 1. The van der Waals surface area contributed by atoms with Crippen LogP contribution in [0, 0.1) is 0 Å². The fourth-order valence-electron chi connectivity index (χ4n) is 3.49. The Labute approximate surface area is 187 Å². The van der Waals surface area contributed by atoms with Gasteiger partial charge in [-0.25, -0.2) is 0 Å². The number of aliphatic hydroxyl groups is 1. The van der Waals surface area contributed by atoms with E-state index in [1.807, 2.05) is 19.1 Å². The maximum absolute atomic E-state index is 11.5. The fraction of sp³-hybridized carbons (Fsp3) is 0.500. The molecule has 5 nitrogen and oxygen atoms in total. The minimum absolute atomic E-state index is 0.0214. The Morgan fingerprint density at radius 2 is 1.97 bits per heavy atom. The molecule has 0 radical (unpaired) electrons. The summed E-state index contributed by atoms with van der Waals surface area (Å²) in [6, 6.07) is 13.0. The fourth-order valence-corrected chi connectivity index (χ4v) is 3.49. The number of aliphatic hydroxyl groups excluding tert-OH is 1. The van der Waals surface area contributed by atoms with E-state index in [1.165, 1.54) is 11.1 Å². The van der Waals surface area contributed by atoms with Crippen molar-refractivity contribution in [1.82, 2.24) is 9.47 Å². The van der Waals surface area contributed by atoms with Gasteiger partial charge in [-0.15, -0.1) is 6.58 Å². The second-order valence-electron chi connectivity index (χ2n) is 9.14. The third-order valence-electron chi connectivity index (χ3n) is 5.23. The third kappa shape index (κ3) is 8.35. The Morgan fingerprint density at radius 1 is 1.26 bits per heavy atom. The number of nitrogens with zero attached hydrogens (tertiary/aromatic N) is 2. The quantitative estimate of drug-likeness (QED) is 0.400. The van der Waals surface area contributed by atoms with Crippen molar-refractivity contribution in [3.8, 4) is 0 Å². The van der Waals surface area contributed by atoms with Crippen LogP contribution in [-0.4, -0.2) is 46.3 Å². The molecule has 0 unspecified atom stereocenters. The van der Waals surface area contributed by atoms with E-state index in [0.717, 1.165) is 18.7 Å². The van der Waals surface area contributed by atoms with E-state index < -0.39 is 6.10 Å². The number of hydrogen-bond donors (Lipinski definition) is 1. The average molecular weight is 427 g/mol. The van der Waals surface area contributed by atoms with Gasteiger partial charge in [-0.2, -0.15) is 0 Å². The van der Waals surface area contributed by atoms with Crippen molar-refractivity contribution >= 4 is 5.97 Å². The van der Waals surface area contributed by atoms with Crippen molar-refractivity contribution in [2.45, 2.75) is 65.1 Å². The Balaban J connectivity index is 1.98. The number of hydrogen-bond acceptors (Lipinski definition) is 4. The van der Waals surface area contributed by atoms with Gasteiger partial charge in [0.2, 0.25) is 0 Å². The average Bonchev–Trinajstić information content (AvgIpc) is 3.13. The van der Waals surface area contributed by atoms with Gasteiger partial charge in [0.15, 0.2) is 0 Å². The van der Waals surface area contributed by atoms with E-state index in [9.17, 15) is 9.90 Å². The van der Waals surface area contributed by atoms with Crippen LogP contribution in [0.4, 0.5) is 0 Å². The standard InChI is InChI=1S/C26H38N2O3/c1-6-9-25(30)31-20-24(29)19-27(15-7-2)18-23-10-8-16-28(23)17-21-11-13-22(14-12-21)26(3,4)5/h7-8,10-14,16,24,29H,2,6,9,15,17-20H2,1,3-5H3/t24-/m0/s1. The van der Waals surface area contributed by atoms with Gasteiger partial charge in [0, 0.05) is 44.5 Å². The number of aromatic nitrogens is 1. The highest BCUT2D eigenvalue weighted by Gasteiger charge is 2.16. The molecule has 2 rings (SSSR count). The van der Waals surface area contributed by atoms with Gasteiger partial charge in [0.25, 0.3) is 0 Å². The molecule has 0 saturated heterocycles. The van der Waals surface area contributed by atoms with Gasteiger partial charge in [-0.05, 0) is 35.1 Å². The van der Waals surface area contributed by atoms with Crippen LogP contribution in [0.25, 0.3) is 0 Å². The molecule has 1 atom stereocenters. The zero-order valence-electron chi connectivity index (χ0n) is 19.5. The molecule has 1 N–H and O–H groups in total. The second-order valence-corrected chi connectivity index (χ2v) is 9.14. The number of rotatable bonds is 12. The molecule has 0 aliphatic heterocycles. The first-order valence-corrected chi connectivity index (χ1v) is 11.1. The van der Waals surface area contributed by atoms with Gasteiger partial charge in [-0.1, -0.05) is 58.0 Å². The molecule has 0 aliphatic rings. The zero-order valence-corrected chi connectivity index (χ0v) is 19.5. The highest BCUT2D eigenvalue weighted by molar-refractivity contribution is 5.69. The molecule has 0 spiro atoms. The minimum Gasteiger partial charge on any atom is -0.463 e. The van der Waals surface area contributed by atoms with Crippen LogP contribution in [0.15, 0.2) is 55.3 Å². The lowest BCUT2D eigenvalue weighted by Gasteiger charge is -2.24. The number of ether oxygens (including phenoxy) is 1. The molecular weight excluding hydrogens is 388 g/mol. The third-order valence-corrected chi connectivity index (χ3v) is 5.23. The summed E-state index contributed by atoms with van der Waals surface area (Å²) < 4.78 is 7.38. The van der Waals surface area contributed by atoms with Crippen LogP contribution in [0.1, 0.15) is 57.4 Å². The van der Waals surface area contributed by atoms with E-state index in [2.05, 4.69) is 73.3 Å². The molecule has 0 aliphatic carbocycles. The van der Waals surface area contributed by atoms with E-state index in [-0.39, 0.29) is 18.0 Å². The maximum atomic E-state index is 11.5. The van der Waals surface area contributed by atoms with E-state index in [0.29, 0.717) is 26.1 Å². The molecule has 170 valence electrons. The number of carbonyl (C=O) groups excluding carboxylic acids is 1. The van der Waals surface area contributed by atoms with Crippen molar-refractivity contribution in [2.24, 2.45) is 0 Å². The van der Waals surface area contributed by atoms with Crippen LogP contribution in [-0.2, 0) is 28.0 Å². The van der Waals surface area contributed by atoms with Crippen molar-refractivity contribution in [2.75, 3.05) is 19.7 Å². The lowest BCUT2D eigenvalue weighted by atomic mass is 9.87. The van der Waals surface area contributed by atoms with Crippen LogP contribution in [0.2, 0.25) is 0 Å². The molecule has 5 heteroatoms.